The van der Waals surface area contributed by atoms with Gasteiger partial charge in [-0.1, -0.05) is 19.1 Å². The average Bonchev–Trinajstić information content (AvgIpc) is 3.26. The van der Waals surface area contributed by atoms with Gasteiger partial charge in [-0.25, -0.2) is 4.98 Å². The van der Waals surface area contributed by atoms with E-state index in [1.165, 1.54) is 0 Å². The highest BCUT2D eigenvalue weighted by Gasteiger charge is 2.42. The van der Waals surface area contributed by atoms with Crippen LogP contribution in [0.25, 0.3) is 11.0 Å². The second kappa shape index (κ2) is 5.19. The molecule has 108 valence electrons. The van der Waals surface area contributed by atoms with Crippen molar-refractivity contribution in [2.75, 3.05) is 6.61 Å². The fourth-order valence-corrected chi connectivity index (χ4v) is 2.98. The van der Waals surface area contributed by atoms with Crippen molar-refractivity contribution in [1.82, 2.24) is 9.55 Å². The van der Waals surface area contributed by atoms with E-state index in [2.05, 4.69) is 17.6 Å². The fraction of sp³-hybridized carbons (Fsp3) is 0.562. The summed E-state index contributed by atoms with van der Waals surface area (Å²) in [5, 5.41) is 9.73. The lowest BCUT2D eigenvalue weighted by Crippen LogP contribution is -2.50. The number of aromatic nitrogens is 2. The third kappa shape index (κ3) is 2.34. The Morgan fingerprint density at radius 3 is 2.80 bits per heavy atom. The number of nitrogens with two attached hydrogens (primary N) is 1. The topological polar surface area (TPSA) is 64.1 Å². The highest BCUT2D eigenvalue weighted by molar-refractivity contribution is 5.75. The second-order valence-corrected chi connectivity index (χ2v) is 6.02. The number of aliphatic hydroxyl groups is 1. The van der Waals surface area contributed by atoms with Gasteiger partial charge in [0.15, 0.2) is 0 Å². The molecular formula is C16H23N3O. The van der Waals surface area contributed by atoms with Gasteiger partial charge >= 0.3 is 0 Å². The van der Waals surface area contributed by atoms with Gasteiger partial charge in [0.1, 0.15) is 5.82 Å². The Morgan fingerprint density at radius 1 is 1.40 bits per heavy atom. The van der Waals surface area contributed by atoms with Crippen LogP contribution in [0, 0.1) is 5.92 Å². The fourth-order valence-electron chi connectivity index (χ4n) is 2.98. The van der Waals surface area contributed by atoms with Crippen molar-refractivity contribution >= 4 is 11.0 Å². The zero-order chi connectivity index (χ0) is 14.2. The van der Waals surface area contributed by atoms with E-state index >= 15 is 0 Å². The summed E-state index contributed by atoms with van der Waals surface area (Å²) in [5.74, 6) is 1.53. The first-order valence-electron chi connectivity index (χ1n) is 7.52. The number of aliphatic hydroxyl groups excluding tert-OH is 1. The van der Waals surface area contributed by atoms with Gasteiger partial charge < -0.3 is 15.4 Å². The number of fused-ring (bicyclic) bond motifs is 1. The number of rotatable bonds is 6. The predicted octanol–water partition coefficient (Wildman–Crippen LogP) is 2.09. The largest absolute Gasteiger partial charge is 0.394 e. The van der Waals surface area contributed by atoms with E-state index in [-0.39, 0.29) is 6.61 Å². The van der Waals surface area contributed by atoms with Crippen molar-refractivity contribution in [1.29, 1.82) is 0 Å². The average molecular weight is 273 g/mol. The summed E-state index contributed by atoms with van der Waals surface area (Å²) in [6.45, 7) is 2.85. The minimum absolute atomic E-state index is 0.0374. The zero-order valence-electron chi connectivity index (χ0n) is 12.0. The Balaban J connectivity index is 2.01. The maximum atomic E-state index is 9.73. The number of hydrogen-bond donors (Lipinski definition) is 2. The van der Waals surface area contributed by atoms with Crippen LogP contribution in [-0.4, -0.2) is 26.8 Å². The molecule has 0 amide bonds. The SMILES string of the molecule is CCCc1nc2ccccc2n1CC(N)(CO)C1CC1. The smallest absolute Gasteiger partial charge is 0.109 e. The molecule has 1 fully saturated rings. The summed E-state index contributed by atoms with van der Waals surface area (Å²) in [6.07, 6.45) is 4.27. The van der Waals surface area contributed by atoms with Crippen LogP contribution >= 0.6 is 0 Å². The Hall–Kier alpha value is -1.39. The molecule has 1 aliphatic rings. The van der Waals surface area contributed by atoms with Gasteiger partial charge in [-0.05, 0) is 37.3 Å². The number of imidazole rings is 1. The zero-order valence-corrected chi connectivity index (χ0v) is 12.0. The highest BCUT2D eigenvalue weighted by atomic mass is 16.3. The van der Waals surface area contributed by atoms with Crippen LogP contribution in [0.1, 0.15) is 32.0 Å². The molecule has 4 nitrogen and oxygen atoms in total. The van der Waals surface area contributed by atoms with Crippen molar-refractivity contribution in [3.05, 3.63) is 30.1 Å². The lowest BCUT2D eigenvalue weighted by molar-refractivity contribution is 0.159. The van der Waals surface area contributed by atoms with E-state index < -0.39 is 5.54 Å². The minimum Gasteiger partial charge on any atom is -0.394 e. The molecule has 1 atom stereocenters. The van der Waals surface area contributed by atoms with Gasteiger partial charge in [0.25, 0.3) is 0 Å². The molecule has 20 heavy (non-hydrogen) atoms. The standard InChI is InChI=1S/C16H23N3O/c1-2-5-15-18-13-6-3-4-7-14(13)19(15)10-16(17,11-20)12-8-9-12/h3-4,6-7,12,20H,2,5,8-11,17H2,1H3. The van der Waals surface area contributed by atoms with Crippen LogP contribution in [0.4, 0.5) is 0 Å². The van der Waals surface area contributed by atoms with Gasteiger partial charge in [0.2, 0.25) is 0 Å². The molecule has 4 heteroatoms. The Labute approximate surface area is 119 Å². The molecule has 0 aliphatic heterocycles. The molecule has 1 aliphatic carbocycles. The first-order valence-corrected chi connectivity index (χ1v) is 7.52. The lowest BCUT2D eigenvalue weighted by atomic mass is 9.95. The lowest BCUT2D eigenvalue weighted by Gasteiger charge is -2.28. The van der Waals surface area contributed by atoms with Crippen LogP contribution < -0.4 is 5.73 Å². The van der Waals surface area contributed by atoms with Crippen molar-refractivity contribution in [2.45, 2.75) is 44.7 Å². The van der Waals surface area contributed by atoms with Crippen molar-refractivity contribution in [2.24, 2.45) is 11.7 Å². The highest BCUT2D eigenvalue weighted by Crippen LogP contribution is 2.39. The Morgan fingerprint density at radius 2 is 2.15 bits per heavy atom. The van der Waals surface area contributed by atoms with Gasteiger partial charge in [0.05, 0.1) is 23.2 Å². The molecule has 2 aromatic rings. The molecule has 1 aromatic carbocycles. The molecule has 0 radical (unpaired) electrons. The minimum atomic E-state index is -0.508. The number of nitrogens with zero attached hydrogens (tertiary/aromatic N) is 2. The van der Waals surface area contributed by atoms with Gasteiger partial charge in [-0.15, -0.1) is 0 Å². The normalized spacial score (nSPS) is 18.4. The summed E-state index contributed by atoms with van der Waals surface area (Å²) < 4.78 is 2.22. The van der Waals surface area contributed by atoms with Crippen LogP contribution in [-0.2, 0) is 13.0 Å². The van der Waals surface area contributed by atoms with Crippen LogP contribution in [0.5, 0.6) is 0 Å². The summed E-state index contributed by atoms with van der Waals surface area (Å²) in [7, 11) is 0. The first kappa shape index (κ1) is 13.6. The summed E-state index contributed by atoms with van der Waals surface area (Å²) in [6, 6.07) is 8.17. The van der Waals surface area contributed by atoms with Gasteiger partial charge in [-0.2, -0.15) is 0 Å². The van der Waals surface area contributed by atoms with E-state index in [4.69, 9.17) is 10.7 Å². The maximum Gasteiger partial charge on any atom is 0.109 e. The van der Waals surface area contributed by atoms with Gasteiger partial charge in [0, 0.05) is 13.0 Å². The quantitative estimate of drug-likeness (QED) is 0.847. The monoisotopic (exact) mass is 273 g/mol. The number of para-hydroxylation sites is 2. The van der Waals surface area contributed by atoms with E-state index in [0.29, 0.717) is 12.5 Å². The van der Waals surface area contributed by atoms with E-state index in [0.717, 1.165) is 42.5 Å². The second-order valence-electron chi connectivity index (χ2n) is 6.02. The summed E-state index contributed by atoms with van der Waals surface area (Å²) in [5.41, 5.74) is 8.09. The van der Waals surface area contributed by atoms with Gasteiger partial charge in [-0.3, -0.25) is 0 Å². The van der Waals surface area contributed by atoms with E-state index in [1.807, 2.05) is 18.2 Å². The molecule has 1 unspecified atom stereocenters. The molecule has 0 bridgehead atoms. The Bertz CT molecular complexity index is 603. The van der Waals surface area contributed by atoms with Crippen LogP contribution in [0.3, 0.4) is 0 Å². The molecule has 0 saturated heterocycles. The molecule has 3 rings (SSSR count). The maximum absolute atomic E-state index is 9.73. The van der Waals surface area contributed by atoms with Crippen molar-refractivity contribution in [3.8, 4) is 0 Å². The summed E-state index contributed by atoms with van der Waals surface area (Å²) >= 11 is 0. The molecular weight excluding hydrogens is 250 g/mol. The Kier molecular flexibility index (Phi) is 3.52. The molecule has 1 saturated carbocycles. The van der Waals surface area contributed by atoms with Crippen molar-refractivity contribution < 1.29 is 5.11 Å². The molecule has 1 heterocycles. The number of hydrogen-bond acceptors (Lipinski definition) is 3. The summed E-state index contributed by atoms with van der Waals surface area (Å²) in [4.78, 5) is 4.73. The third-order valence-electron chi connectivity index (χ3n) is 4.34. The third-order valence-corrected chi connectivity index (χ3v) is 4.34. The van der Waals surface area contributed by atoms with E-state index in [1.54, 1.807) is 0 Å². The predicted molar refractivity (Wildman–Crippen MR) is 80.5 cm³/mol. The van der Waals surface area contributed by atoms with Crippen LogP contribution in [0.2, 0.25) is 0 Å². The number of aryl methyl sites for hydroxylation is 1. The van der Waals surface area contributed by atoms with Crippen molar-refractivity contribution in [3.63, 3.8) is 0 Å². The first-order chi connectivity index (χ1) is 9.68. The van der Waals surface area contributed by atoms with Crippen LogP contribution in [0.15, 0.2) is 24.3 Å². The van der Waals surface area contributed by atoms with E-state index in [9.17, 15) is 5.11 Å². The molecule has 1 aromatic heterocycles. The number of benzene rings is 1. The molecule has 3 N–H and O–H groups in total. The molecule has 0 spiro atoms.